The van der Waals surface area contributed by atoms with E-state index in [2.05, 4.69) is 49.5 Å². The lowest BCUT2D eigenvalue weighted by atomic mass is 9.89. The van der Waals surface area contributed by atoms with E-state index in [0.29, 0.717) is 6.42 Å². The van der Waals surface area contributed by atoms with E-state index in [1.807, 2.05) is 23.9 Å². The van der Waals surface area contributed by atoms with E-state index in [0.717, 1.165) is 23.5 Å². The van der Waals surface area contributed by atoms with Gasteiger partial charge in [-0.25, -0.2) is 0 Å². The fourth-order valence-electron chi connectivity index (χ4n) is 2.41. The summed E-state index contributed by atoms with van der Waals surface area (Å²) in [6.45, 7) is 7.50. The molecule has 0 bridgehead atoms. The molecule has 0 spiro atoms. The van der Waals surface area contributed by atoms with E-state index in [1.54, 1.807) is 0 Å². The maximum absolute atomic E-state index is 8.93. The van der Waals surface area contributed by atoms with Crippen molar-refractivity contribution in [2.24, 2.45) is 7.05 Å². The van der Waals surface area contributed by atoms with Crippen molar-refractivity contribution in [3.8, 4) is 0 Å². The van der Waals surface area contributed by atoms with Crippen LogP contribution in [-0.2, 0) is 25.4 Å². The molecule has 0 saturated carbocycles. The Hall–Kier alpha value is -1.81. The highest BCUT2D eigenvalue weighted by atomic mass is 16.2. The van der Waals surface area contributed by atoms with Gasteiger partial charge in [0.25, 0.3) is 0 Å². The first-order chi connectivity index (χ1) is 9.90. The molecule has 0 saturated heterocycles. The number of aliphatic hydroxyl groups excluding tert-OH is 1. The molecule has 2 aromatic rings. The third-order valence-corrected chi connectivity index (χ3v) is 3.45. The number of hydrogen-bond acceptors (Lipinski definition) is 3. The smallest absolute Gasteiger partial charge is 0.0727 e. The highest BCUT2D eigenvalue weighted by Crippen LogP contribution is 2.24. The largest absolute Gasteiger partial charge is 0.396 e. The Bertz CT molecular complexity index is 579. The van der Waals surface area contributed by atoms with Gasteiger partial charge < -0.3 is 10.4 Å². The van der Waals surface area contributed by atoms with Crippen LogP contribution in [0.5, 0.6) is 0 Å². The molecule has 0 amide bonds. The zero-order valence-corrected chi connectivity index (χ0v) is 13.3. The van der Waals surface area contributed by atoms with Gasteiger partial charge in [-0.2, -0.15) is 5.10 Å². The van der Waals surface area contributed by atoms with Gasteiger partial charge in [0.1, 0.15) is 0 Å². The van der Waals surface area contributed by atoms with Crippen LogP contribution in [0.2, 0.25) is 0 Å². The van der Waals surface area contributed by atoms with E-state index >= 15 is 0 Å². The molecule has 4 nitrogen and oxygen atoms in total. The Labute approximate surface area is 126 Å². The van der Waals surface area contributed by atoms with Crippen molar-refractivity contribution in [1.29, 1.82) is 0 Å². The van der Waals surface area contributed by atoms with Crippen molar-refractivity contribution in [2.75, 3.05) is 11.9 Å². The molecule has 0 aliphatic rings. The highest BCUT2D eigenvalue weighted by Gasteiger charge is 2.21. The summed E-state index contributed by atoms with van der Waals surface area (Å²) in [6.07, 6.45) is 2.78. The van der Waals surface area contributed by atoms with E-state index in [1.165, 1.54) is 5.56 Å². The molecule has 0 atom stereocenters. The minimum Gasteiger partial charge on any atom is -0.396 e. The summed E-state index contributed by atoms with van der Waals surface area (Å²) in [6, 6.07) is 8.20. The summed E-state index contributed by atoms with van der Waals surface area (Å²) in [7, 11) is 1.96. The van der Waals surface area contributed by atoms with E-state index in [-0.39, 0.29) is 12.0 Å². The lowest BCUT2D eigenvalue weighted by Gasteiger charge is -2.18. The average molecular weight is 287 g/mol. The lowest BCUT2D eigenvalue weighted by molar-refractivity contribution is 0.299. The number of benzene rings is 1. The van der Waals surface area contributed by atoms with Gasteiger partial charge in [0.05, 0.1) is 5.69 Å². The quantitative estimate of drug-likeness (QED) is 0.889. The Morgan fingerprint density at radius 2 is 1.86 bits per heavy atom. The fourth-order valence-corrected chi connectivity index (χ4v) is 2.41. The summed E-state index contributed by atoms with van der Waals surface area (Å²) >= 11 is 0. The third-order valence-electron chi connectivity index (χ3n) is 3.45. The molecule has 0 radical (unpaired) electrons. The van der Waals surface area contributed by atoms with Crippen LogP contribution in [0.1, 0.15) is 37.6 Å². The van der Waals surface area contributed by atoms with Crippen molar-refractivity contribution in [3.05, 3.63) is 47.3 Å². The molecule has 21 heavy (non-hydrogen) atoms. The van der Waals surface area contributed by atoms with Gasteiger partial charge in [-0.1, -0.05) is 32.9 Å². The van der Waals surface area contributed by atoms with Gasteiger partial charge in [-0.3, -0.25) is 4.68 Å². The van der Waals surface area contributed by atoms with Crippen LogP contribution in [0, 0.1) is 0 Å². The number of nitrogens with one attached hydrogen (secondary N) is 1. The Kier molecular flexibility index (Phi) is 4.68. The van der Waals surface area contributed by atoms with Crippen molar-refractivity contribution in [2.45, 2.75) is 39.2 Å². The molecule has 4 heteroatoms. The monoisotopic (exact) mass is 287 g/mol. The Morgan fingerprint density at radius 3 is 2.43 bits per heavy atom. The van der Waals surface area contributed by atoms with Gasteiger partial charge >= 0.3 is 0 Å². The Morgan fingerprint density at radius 1 is 1.19 bits per heavy atom. The topological polar surface area (TPSA) is 50.1 Å². The Balaban J connectivity index is 2.06. The second kappa shape index (κ2) is 6.31. The number of aromatic nitrogens is 2. The van der Waals surface area contributed by atoms with E-state index in [4.69, 9.17) is 5.11 Å². The standard InChI is InChI=1S/C17H25N3O/c1-17(2,3)16-14(12-20(4)19-16)11-18-15-7-5-13(6-8-15)9-10-21/h5-8,12,18,21H,9-11H2,1-4H3. The molecule has 2 N–H and O–H groups in total. The maximum atomic E-state index is 8.93. The molecule has 0 fully saturated rings. The number of aliphatic hydroxyl groups is 1. The van der Waals surface area contributed by atoms with Crippen LogP contribution in [0.3, 0.4) is 0 Å². The molecule has 1 heterocycles. The number of aryl methyl sites for hydroxylation is 1. The maximum Gasteiger partial charge on any atom is 0.0727 e. The van der Waals surface area contributed by atoms with Gasteiger partial charge in [-0.15, -0.1) is 0 Å². The second-order valence-electron chi connectivity index (χ2n) is 6.45. The molecule has 0 aliphatic heterocycles. The van der Waals surface area contributed by atoms with Crippen molar-refractivity contribution < 1.29 is 5.11 Å². The SMILES string of the molecule is Cn1cc(CNc2ccc(CCO)cc2)c(C(C)(C)C)n1. The minimum atomic E-state index is 0.0449. The summed E-state index contributed by atoms with van der Waals surface area (Å²) in [5.41, 5.74) is 4.64. The molecule has 2 rings (SSSR count). The van der Waals surface area contributed by atoms with Crippen LogP contribution < -0.4 is 5.32 Å². The molecule has 1 aromatic heterocycles. The van der Waals surface area contributed by atoms with Crippen LogP contribution >= 0.6 is 0 Å². The van der Waals surface area contributed by atoms with E-state index in [9.17, 15) is 0 Å². The minimum absolute atomic E-state index is 0.0449. The van der Waals surface area contributed by atoms with Crippen LogP contribution in [0.4, 0.5) is 5.69 Å². The highest BCUT2D eigenvalue weighted by molar-refractivity contribution is 5.45. The first kappa shape index (κ1) is 15.6. The number of hydrogen-bond donors (Lipinski definition) is 2. The lowest BCUT2D eigenvalue weighted by Crippen LogP contribution is -2.16. The van der Waals surface area contributed by atoms with Gasteiger partial charge in [0, 0.05) is 43.1 Å². The summed E-state index contributed by atoms with van der Waals surface area (Å²) < 4.78 is 1.88. The summed E-state index contributed by atoms with van der Waals surface area (Å²) in [4.78, 5) is 0. The van der Waals surface area contributed by atoms with Gasteiger partial charge in [-0.05, 0) is 24.1 Å². The zero-order chi connectivity index (χ0) is 15.5. The van der Waals surface area contributed by atoms with Crippen LogP contribution in [-0.4, -0.2) is 21.5 Å². The predicted molar refractivity (Wildman–Crippen MR) is 86.5 cm³/mol. The first-order valence-electron chi connectivity index (χ1n) is 7.37. The molecule has 114 valence electrons. The molecule has 1 aromatic carbocycles. The first-order valence-corrected chi connectivity index (χ1v) is 7.37. The van der Waals surface area contributed by atoms with Crippen molar-refractivity contribution in [1.82, 2.24) is 9.78 Å². The van der Waals surface area contributed by atoms with Gasteiger partial charge in [0.15, 0.2) is 0 Å². The normalized spacial score (nSPS) is 11.7. The van der Waals surface area contributed by atoms with Gasteiger partial charge in [0.2, 0.25) is 0 Å². The van der Waals surface area contributed by atoms with E-state index < -0.39 is 0 Å². The number of anilines is 1. The third kappa shape index (κ3) is 4.08. The van der Waals surface area contributed by atoms with Crippen LogP contribution in [0.25, 0.3) is 0 Å². The average Bonchev–Trinajstić information content (AvgIpc) is 2.80. The summed E-state index contributed by atoms with van der Waals surface area (Å²) in [5.74, 6) is 0. The molecule has 0 unspecified atom stereocenters. The van der Waals surface area contributed by atoms with Crippen molar-refractivity contribution >= 4 is 5.69 Å². The number of nitrogens with zero attached hydrogens (tertiary/aromatic N) is 2. The zero-order valence-electron chi connectivity index (χ0n) is 13.3. The molecular formula is C17H25N3O. The summed E-state index contributed by atoms with van der Waals surface area (Å²) in [5, 5.41) is 16.9. The number of rotatable bonds is 5. The fraction of sp³-hybridized carbons (Fsp3) is 0.471. The second-order valence-corrected chi connectivity index (χ2v) is 6.45. The van der Waals surface area contributed by atoms with Crippen molar-refractivity contribution in [3.63, 3.8) is 0 Å². The predicted octanol–water partition coefficient (Wildman–Crippen LogP) is 2.86. The molecular weight excluding hydrogens is 262 g/mol. The van der Waals surface area contributed by atoms with Crippen LogP contribution in [0.15, 0.2) is 30.5 Å². The molecule has 0 aliphatic carbocycles.